The van der Waals surface area contributed by atoms with Gasteiger partial charge < -0.3 is 15.2 Å². The highest BCUT2D eigenvalue weighted by Crippen LogP contribution is 2.08. The molecule has 92 valence electrons. The molecule has 1 heterocycles. The number of pyridine rings is 1. The highest BCUT2D eigenvalue weighted by Gasteiger charge is 2.06. The first-order chi connectivity index (χ1) is 8.13. The predicted octanol–water partition coefficient (Wildman–Crippen LogP) is 1.14. The minimum Gasteiger partial charge on any atom is -0.478 e. The van der Waals surface area contributed by atoms with E-state index in [-0.39, 0.29) is 18.1 Å². The number of anilines is 1. The van der Waals surface area contributed by atoms with Gasteiger partial charge in [0.1, 0.15) is 6.61 Å². The molecule has 0 atom stereocenters. The summed E-state index contributed by atoms with van der Waals surface area (Å²) in [5, 5.41) is 11.2. The van der Waals surface area contributed by atoms with Crippen LogP contribution in [0.1, 0.15) is 23.7 Å². The van der Waals surface area contributed by atoms with E-state index < -0.39 is 5.97 Å². The van der Waals surface area contributed by atoms with Crippen LogP contribution in [0.2, 0.25) is 0 Å². The van der Waals surface area contributed by atoms with E-state index in [4.69, 9.17) is 9.84 Å². The van der Waals surface area contributed by atoms with Crippen LogP contribution in [0.15, 0.2) is 18.5 Å². The van der Waals surface area contributed by atoms with E-state index in [9.17, 15) is 9.59 Å². The molecule has 6 nitrogen and oxygen atoms in total. The lowest BCUT2D eigenvalue weighted by atomic mass is 10.2. The molecule has 0 fully saturated rings. The molecule has 0 unspecified atom stereocenters. The molecule has 0 aliphatic rings. The Labute approximate surface area is 98.6 Å². The Morgan fingerprint density at radius 3 is 2.88 bits per heavy atom. The van der Waals surface area contributed by atoms with Gasteiger partial charge in [0.15, 0.2) is 0 Å². The van der Waals surface area contributed by atoms with E-state index in [1.807, 2.05) is 6.92 Å². The van der Waals surface area contributed by atoms with Crippen molar-refractivity contribution in [3.63, 3.8) is 0 Å². The SMILES string of the molecule is CCCOCC(=O)Nc1cncc(C(=O)O)c1. The fraction of sp³-hybridized carbons (Fsp3) is 0.364. The topological polar surface area (TPSA) is 88.5 Å². The molecule has 0 aromatic carbocycles. The van der Waals surface area contributed by atoms with Crippen molar-refractivity contribution < 1.29 is 19.4 Å². The molecule has 0 bridgehead atoms. The average molecular weight is 238 g/mol. The van der Waals surface area contributed by atoms with Gasteiger partial charge in [0.05, 0.1) is 17.4 Å². The largest absolute Gasteiger partial charge is 0.478 e. The van der Waals surface area contributed by atoms with Gasteiger partial charge >= 0.3 is 5.97 Å². The van der Waals surface area contributed by atoms with Crippen molar-refractivity contribution in [1.29, 1.82) is 0 Å². The van der Waals surface area contributed by atoms with Gasteiger partial charge in [-0.05, 0) is 12.5 Å². The number of hydrogen-bond acceptors (Lipinski definition) is 4. The van der Waals surface area contributed by atoms with Gasteiger partial charge in [-0.15, -0.1) is 0 Å². The second-order valence-electron chi connectivity index (χ2n) is 3.37. The van der Waals surface area contributed by atoms with Gasteiger partial charge in [-0.2, -0.15) is 0 Å². The monoisotopic (exact) mass is 238 g/mol. The summed E-state index contributed by atoms with van der Waals surface area (Å²) >= 11 is 0. The third-order valence-corrected chi connectivity index (χ3v) is 1.85. The Kier molecular flexibility index (Phi) is 5.09. The number of carbonyl (C=O) groups is 2. The van der Waals surface area contributed by atoms with Crippen molar-refractivity contribution in [3.05, 3.63) is 24.0 Å². The number of rotatable bonds is 6. The number of ether oxygens (including phenoxy) is 1. The van der Waals surface area contributed by atoms with Gasteiger partial charge in [-0.1, -0.05) is 6.92 Å². The zero-order valence-electron chi connectivity index (χ0n) is 9.47. The summed E-state index contributed by atoms with van der Waals surface area (Å²) in [4.78, 5) is 25.7. The molecule has 17 heavy (non-hydrogen) atoms. The van der Waals surface area contributed by atoms with Crippen molar-refractivity contribution in [2.75, 3.05) is 18.5 Å². The third kappa shape index (κ3) is 4.60. The predicted molar refractivity (Wildman–Crippen MR) is 60.9 cm³/mol. The fourth-order valence-electron chi connectivity index (χ4n) is 1.13. The minimum atomic E-state index is -1.09. The normalized spacial score (nSPS) is 9.94. The Morgan fingerprint density at radius 2 is 2.24 bits per heavy atom. The summed E-state index contributed by atoms with van der Waals surface area (Å²) in [7, 11) is 0. The lowest BCUT2D eigenvalue weighted by Crippen LogP contribution is -2.18. The first-order valence-electron chi connectivity index (χ1n) is 5.19. The fourth-order valence-corrected chi connectivity index (χ4v) is 1.13. The quantitative estimate of drug-likeness (QED) is 0.725. The molecule has 1 aromatic heterocycles. The van der Waals surface area contributed by atoms with Crippen LogP contribution < -0.4 is 5.32 Å². The average Bonchev–Trinajstić information content (AvgIpc) is 2.29. The molecule has 0 radical (unpaired) electrons. The molecule has 0 aliphatic carbocycles. The van der Waals surface area contributed by atoms with Crippen molar-refractivity contribution in [2.24, 2.45) is 0 Å². The Morgan fingerprint density at radius 1 is 1.47 bits per heavy atom. The summed E-state index contributed by atoms with van der Waals surface area (Å²) in [5.41, 5.74) is 0.368. The van der Waals surface area contributed by atoms with Gasteiger partial charge in [0.25, 0.3) is 0 Å². The van der Waals surface area contributed by atoms with Gasteiger partial charge in [0, 0.05) is 12.8 Å². The van der Waals surface area contributed by atoms with Crippen LogP contribution in [-0.2, 0) is 9.53 Å². The van der Waals surface area contributed by atoms with Gasteiger partial charge in [-0.3, -0.25) is 9.78 Å². The molecule has 0 saturated carbocycles. The number of carboxylic acid groups (broad SMARTS) is 1. The third-order valence-electron chi connectivity index (χ3n) is 1.85. The lowest BCUT2D eigenvalue weighted by Gasteiger charge is -2.05. The van der Waals surface area contributed by atoms with Crippen LogP contribution in [0, 0.1) is 0 Å². The number of nitrogens with zero attached hydrogens (tertiary/aromatic N) is 1. The highest BCUT2D eigenvalue weighted by molar-refractivity contribution is 5.94. The summed E-state index contributed by atoms with van der Waals surface area (Å²) in [6, 6.07) is 1.34. The summed E-state index contributed by atoms with van der Waals surface area (Å²) in [5.74, 6) is -1.42. The second kappa shape index (κ2) is 6.59. The standard InChI is InChI=1S/C11H14N2O4/c1-2-3-17-7-10(14)13-9-4-8(11(15)16)5-12-6-9/h4-6H,2-3,7H2,1H3,(H,13,14)(H,15,16). The van der Waals surface area contributed by atoms with E-state index >= 15 is 0 Å². The number of carboxylic acids is 1. The zero-order valence-corrected chi connectivity index (χ0v) is 9.47. The van der Waals surface area contributed by atoms with Crippen molar-refractivity contribution >= 4 is 17.6 Å². The van der Waals surface area contributed by atoms with Crippen molar-refractivity contribution in [2.45, 2.75) is 13.3 Å². The van der Waals surface area contributed by atoms with Crippen LogP contribution in [0.5, 0.6) is 0 Å². The Hall–Kier alpha value is -1.95. The van der Waals surface area contributed by atoms with Crippen LogP contribution in [0.3, 0.4) is 0 Å². The summed E-state index contributed by atoms with van der Waals surface area (Å²) in [6.45, 7) is 2.41. The lowest BCUT2D eigenvalue weighted by molar-refractivity contribution is -0.120. The number of hydrogen-bond donors (Lipinski definition) is 2. The number of carbonyl (C=O) groups excluding carboxylic acids is 1. The van der Waals surface area contributed by atoms with Gasteiger partial charge in [-0.25, -0.2) is 4.79 Å². The molecule has 0 aliphatic heterocycles. The van der Waals surface area contributed by atoms with Crippen LogP contribution >= 0.6 is 0 Å². The number of aromatic nitrogens is 1. The molecule has 1 rings (SSSR count). The molecule has 2 N–H and O–H groups in total. The van der Waals surface area contributed by atoms with E-state index in [1.54, 1.807) is 0 Å². The molecular weight excluding hydrogens is 224 g/mol. The van der Waals surface area contributed by atoms with Crippen molar-refractivity contribution in [1.82, 2.24) is 4.98 Å². The number of nitrogens with one attached hydrogen (secondary N) is 1. The van der Waals surface area contributed by atoms with E-state index in [2.05, 4.69) is 10.3 Å². The maximum atomic E-state index is 11.4. The molecule has 6 heteroatoms. The Bertz CT molecular complexity index is 406. The van der Waals surface area contributed by atoms with E-state index in [0.717, 1.165) is 6.42 Å². The molecule has 0 saturated heterocycles. The smallest absolute Gasteiger partial charge is 0.337 e. The number of aromatic carboxylic acids is 1. The molecule has 1 amide bonds. The Balaban J connectivity index is 2.53. The molecular formula is C11H14N2O4. The van der Waals surface area contributed by atoms with Crippen molar-refractivity contribution in [3.8, 4) is 0 Å². The summed E-state index contributed by atoms with van der Waals surface area (Å²) in [6.07, 6.45) is 3.43. The van der Waals surface area contributed by atoms with Crippen LogP contribution in [0.25, 0.3) is 0 Å². The molecule has 0 spiro atoms. The molecule has 1 aromatic rings. The maximum absolute atomic E-state index is 11.4. The second-order valence-corrected chi connectivity index (χ2v) is 3.37. The first kappa shape index (κ1) is 13.1. The van der Waals surface area contributed by atoms with E-state index in [0.29, 0.717) is 12.3 Å². The zero-order chi connectivity index (χ0) is 12.7. The van der Waals surface area contributed by atoms with E-state index in [1.165, 1.54) is 18.5 Å². The van der Waals surface area contributed by atoms with Crippen LogP contribution in [-0.4, -0.2) is 35.2 Å². The summed E-state index contributed by atoms with van der Waals surface area (Å²) < 4.78 is 5.05. The first-order valence-corrected chi connectivity index (χ1v) is 5.19. The highest BCUT2D eigenvalue weighted by atomic mass is 16.5. The number of amides is 1. The minimum absolute atomic E-state index is 0.0253. The van der Waals surface area contributed by atoms with Crippen LogP contribution in [0.4, 0.5) is 5.69 Å². The maximum Gasteiger partial charge on any atom is 0.337 e. The van der Waals surface area contributed by atoms with Gasteiger partial charge in [0.2, 0.25) is 5.91 Å².